The van der Waals surface area contributed by atoms with Gasteiger partial charge in [0.2, 0.25) is 0 Å². The van der Waals surface area contributed by atoms with Crippen molar-refractivity contribution in [3.05, 3.63) is 29.3 Å². The number of halogens is 3. The quantitative estimate of drug-likeness (QED) is 0.345. The van der Waals surface area contributed by atoms with E-state index in [-0.39, 0.29) is 36.6 Å². The molecular formula is C19H31F2IN4O. The summed E-state index contributed by atoms with van der Waals surface area (Å²) in [5.41, 5.74) is 2.26. The molecule has 0 aliphatic carbocycles. The largest absolute Gasteiger partial charge is 0.494 e. The highest BCUT2D eigenvalue weighted by Crippen LogP contribution is 2.19. The summed E-state index contributed by atoms with van der Waals surface area (Å²) >= 11 is 0. The molecule has 0 radical (unpaired) electrons. The second-order valence-corrected chi connectivity index (χ2v) is 6.57. The summed E-state index contributed by atoms with van der Waals surface area (Å²) in [6.45, 7) is 6.59. The Morgan fingerprint density at radius 3 is 2.59 bits per heavy atom. The summed E-state index contributed by atoms with van der Waals surface area (Å²) in [7, 11) is 1.74. The van der Waals surface area contributed by atoms with Crippen molar-refractivity contribution in [2.24, 2.45) is 4.99 Å². The van der Waals surface area contributed by atoms with Gasteiger partial charge in [-0.1, -0.05) is 12.1 Å². The maximum Gasteiger partial charge on any atom is 0.251 e. The van der Waals surface area contributed by atoms with Crippen molar-refractivity contribution in [2.75, 3.05) is 33.3 Å². The molecule has 1 aromatic carbocycles. The van der Waals surface area contributed by atoms with Gasteiger partial charge >= 0.3 is 0 Å². The molecule has 0 bridgehead atoms. The summed E-state index contributed by atoms with van der Waals surface area (Å²) < 4.78 is 30.5. The molecule has 1 aliphatic heterocycles. The first-order valence-corrected chi connectivity index (χ1v) is 9.21. The van der Waals surface area contributed by atoms with Gasteiger partial charge in [-0.05, 0) is 43.9 Å². The van der Waals surface area contributed by atoms with Crippen LogP contribution in [0.1, 0.15) is 30.9 Å². The maximum atomic E-state index is 12.4. The number of hydrogen-bond acceptors (Lipinski definition) is 3. The smallest absolute Gasteiger partial charge is 0.251 e. The van der Waals surface area contributed by atoms with Gasteiger partial charge in [-0.2, -0.15) is 0 Å². The van der Waals surface area contributed by atoms with E-state index < -0.39 is 6.43 Å². The molecule has 0 atom stereocenters. The third-order valence-corrected chi connectivity index (χ3v) is 4.55. The SMILES string of the molecule is CCOc1ccc(CNC(=NC)NC2CCN(CC(F)F)CC2)cc1C.I. The van der Waals surface area contributed by atoms with Crippen LogP contribution < -0.4 is 15.4 Å². The predicted molar refractivity (Wildman–Crippen MR) is 117 cm³/mol. The first-order valence-electron chi connectivity index (χ1n) is 9.21. The summed E-state index contributed by atoms with van der Waals surface area (Å²) in [4.78, 5) is 6.09. The van der Waals surface area contributed by atoms with Crippen LogP contribution in [-0.2, 0) is 6.54 Å². The van der Waals surface area contributed by atoms with Gasteiger partial charge in [-0.15, -0.1) is 24.0 Å². The third-order valence-electron chi connectivity index (χ3n) is 4.55. The van der Waals surface area contributed by atoms with E-state index in [1.807, 2.05) is 30.9 Å². The summed E-state index contributed by atoms with van der Waals surface area (Å²) in [5, 5.41) is 6.72. The van der Waals surface area contributed by atoms with Crippen LogP contribution in [0.25, 0.3) is 0 Å². The molecule has 1 heterocycles. The van der Waals surface area contributed by atoms with Crippen LogP contribution in [0.4, 0.5) is 8.78 Å². The van der Waals surface area contributed by atoms with Crippen molar-refractivity contribution in [2.45, 2.75) is 45.7 Å². The van der Waals surface area contributed by atoms with Crippen molar-refractivity contribution in [1.29, 1.82) is 0 Å². The van der Waals surface area contributed by atoms with E-state index in [2.05, 4.69) is 21.7 Å². The fourth-order valence-electron chi connectivity index (χ4n) is 3.17. The number of nitrogens with one attached hydrogen (secondary N) is 2. The number of piperidine rings is 1. The molecule has 8 heteroatoms. The van der Waals surface area contributed by atoms with Crippen LogP contribution in [-0.4, -0.2) is 56.6 Å². The maximum absolute atomic E-state index is 12.4. The third kappa shape index (κ3) is 8.16. The fourth-order valence-corrected chi connectivity index (χ4v) is 3.17. The highest BCUT2D eigenvalue weighted by Gasteiger charge is 2.21. The van der Waals surface area contributed by atoms with Gasteiger partial charge in [0.15, 0.2) is 5.96 Å². The van der Waals surface area contributed by atoms with Gasteiger partial charge < -0.3 is 15.4 Å². The van der Waals surface area contributed by atoms with Gasteiger partial charge in [0.1, 0.15) is 5.75 Å². The van der Waals surface area contributed by atoms with Crippen molar-refractivity contribution < 1.29 is 13.5 Å². The lowest BCUT2D eigenvalue weighted by Gasteiger charge is -2.32. The Morgan fingerprint density at radius 1 is 1.33 bits per heavy atom. The van der Waals surface area contributed by atoms with Crippen LogP contribution in [0.15, 0.2) is 23.2 Å². The van der Waals surface area contributed by atoms with Crippen molar-refractivity contribution in [3.63, 3.8) is 0 Å². The molecule has 27 heavy (non-hydrogen) atoms. The van der Waals surface area contributed by atoms with Gasteiger partial charge in [0.05, 0.1) is 13.2 Å². The van der Waals surface area contributed by atoms with Crippen molar-refractivity contribution >= 4 is 29.9 Å². The van der Waals surface area contributed by atoms with Crippen LogP contribution in [0.3, 0.4) is 0 Å². The summed E-state index contributed by atoms with van der Waals surface area (Å²) in [5.74, 6) is 1.65. The zero-order chi connectivity index (χ0) is 18.9. The average Bonchev–Trinajstić information content (AvgIpc) is 2.62. The molecule has 0 saturated carbocycles. The monoisotopic (exact) mass is 496 g/mol. The van der Waals surface area contributed by atoms with Gasteiger partial charge in [-0.25, -0.2) is 8.78 Å². The lowest BCUT2D eigenvalue weighted by atomic mass is 10.1. The Kier molecular flexibility index (Phi) is 10.9. The molecule has 2 rings (SSSR count). The van der Waals surface area contributed by atoms with E-state index in [4.69, 9.17) is 4.74 Å². The van der Waals surface area contributed by atoms with E-state index in [1.165, 1.54) is 0 Å². The fraction of sp³-hybridized carbons (Fsp3) is 0.632. The number of alkyl halides is 2. The number of aliphatic imine (C=N–C) groups is 1. The van der Waals surface area contributed by atoms with Gasteiger partial charge in [-0.3, -0.25) is 9.89 Å². The molecule has 2 N–H and O–H groups in total. The van der Waals surface area contributed by atoms with Crippen LogP contribution in [0.5, 0.6) is 5.75 Å². The predicted octanol–water partition coefficient (Wildman–Crippen LogP) is 3.41. The van der Waals surface area contributed by atoms with E-state index in [9.17, 15) is 8.78 Å². The Bertz CT molecular complexity index is 593. The topological polar surface area (TPSA) is 48.9 Å². The van der Waals surface area contributed by atoms with Gasteiger partial charge in [0, 0.05) is 32.7 Å². The highest BCUT2D eigenvalue weighted by atomic mass is 127. The number of nitrogens with zero attached hydrogens (tertiary/aromatic N) is 2. The zero-order valence-electron chi connectivity index (χ0n) is 16.3. The molecule has 1 aliphatic rings. The van der Waals surface area contributed by atoms with Crippen LogP contribution in [0.2, 0.25) is 0 Å². The molecule has 5 nitrogen and oxygen atoms in total. The summed E-state index contributed by atoms with van der Waals surface area (Å²) in [6.07, 6.45) is -0.572. The number of rotatable bonds is 7. The van der Waals surface area contributed by atoms with Crippen LogP contribution in [0, 0.1) is 6.92 Å². The number of aryl methyl sites for hydroxylation is 1. The molecular weight excluding hydrogens is 465 g/mol. The minimum Gasteiger partial charge on any atom is -0.494 e. The lowest BCUT2D eigenvalue weighted by Crippen LogP contribution is -2.49. The number of hydrogen-bond donors (Lipinski definition) is 2. The Morgan fingerprint density at radius 2 is 2.04 bits per heavy atom. The second-order valence-electron chi connectivity index (χ2n) is 6.57. The number of likely N-dealkylation sites (tertiary alicyclic amines) is 1. The normalized spacial score (nSPS) is 16.1. The first kappa shape index (κ1) is 23.9. The van der Waals surface area contributed by atoms with Gasteiger partial charge in [0.25, 0.3) is 6.43 Å². The number of ether oxygens (including phenoxy) is 1. The standard InChI is InChI=1S/C19H30F2N4O.HI/c1-4-26-17-6-5-15(11-14(17)2)12-23-19(22-3)24-16-7-9-25(10-8-16)13-18(20)21;/h5-6,11,16,18H,4,7-10,12-13H2,1-3H3,(H2,22,23,24);1H. The molecule has 0 amide bonds. The molecule has 0 unspecified atom stereocenters. The lowest BCUT2D eigenvalue weighted by molar-refractivity contribution is 0.0744. The zero-order valence-corrected chi connectivity index (χ0v) is 18.6. The van der Waals surface area contributed by atoms with Crippen molar-refractivity contribution in [1.82, 2.24) is 15.5 Å². The van der Waals surface area contributed by atoms with Crippen LogP contribution >= 0.6 is 24.0 Å². The van der Waals surface area contributed by atoms with E-state index in [0.717, 1.165) is 35.7 Å². The minimum atomic E-state index is -2.26. The molecule has 1 fully saturated rings. The number of benzene rings is 1. The minimum absolute atomic E-state index is 0. The molecule has 0 aromatic heterocycles. The van der Waals surface area contributed by atoms with E-state index >= 15 is 0 Å². The average molecular weight is 496 g/mol. The molecule has 1 aromatic rings. The Balaban J connectivity index is 0.00000364. The Hall–Kier alpha value is -1.16. The van der Waals surface area contributed by atoms with E-state index in [1.54, 1.807) is 7.05 Å². The van der Waals surface area contributed by atoms with E-state index in [0.29, 0.717) is 26.2 Å². The number of guanidine groups is 1. The Labute approximate surface area is 178 Å². The summed E-state index contributed by atoms with van der Waals surface area (Å²) in [6, 6.07) is 6.40. The second kappa shape index (κ2) is 12.3. The molecule has 154 valence electrons. The molecule has 0 spiro atoms. The highest BCUT2D eigenvalue weighted by molar-refractivity contribution is 14.0. The molecule has 1 saturated heterocycles. The first-order chi connectivity index (χ1) is 12.5. The van der Waals surface area contributed by atoms with Crippen molar-refractivity contribution in [3.8, 4) is 5.75 Å².